The molecule has 3 aromatic carbocycles. The third-order valence-corrected chi connectivity index (χ3v) is 14.2. The number of β-amino-alcohol motifs (C(OH)–C–C–N with tert-alkyl or cyclic N) is 1. The number of thiazole rings is 1. The fraction of sp³-hybridized carbons (Fsp3) is 0.429. The predicted molar refractivity (Wildman–Crippen MR) is 261 cm³/mol. The molecule has 1 fully saturated rings. The van der Waals surface area contributed by atoms with Crippen LogP contribution in [0.5, 0.6) is 0 Å². The molecular weight excluding hydrogens is 884 g/mol. The van der Waals surface area contributed by atoms with Crippen LogP contribution in [0.2, 0.25) is 5.02 Å². The summed E-state index contributed by atoms with van der Waals surface area (Å²) in [5.41, 5.74) is 10.2. The standard InChI is InChI=1S/C17H20N2O2S.C17H23NO2.C15H18ClN3O3S/c1-2-21-17(20)15-13-8-9-19(11-14(13)22-16(15)18)10-12-6-4-3-5-7-12;1-4-20-16(19)17(14-10-6-5-7-11-14)13-9-8-12-15(17)18(2)3;16-11-1-2-13-12(9-11)19(15(22)23-13)10-14(21)18-5-3-17(4-6-18)7-8-20/h3-7H,2,8-11,18H2,1H3;5-8,10-12,15H,4,9,13H2,1-3H3;1-2,9,20H,3-8,10H2/t;15-,17+;/m.1./s1. The Labute approximate surface area is 394 Å². The number of piperazine rings is 1. The Morgan fingerprint density at radius 2 is 1.60 bits per heavy atom. The highest BCUT2D eigenvalue weighted by atomic mass is 35.5. The molecule has 5 aromatic rings. The maximum Gasteiger partial charge on any atom is 0.341 e. The van der Waals surface area contributed by atoms with Crippen molar-refractivity contribution < 1.29 is 29.0 Å². The minimum absolute atomic E-state index is 0.0256. The summed E-state index contributed by atoms with van der Waals surface area (Å²) in [5.74, 6) is -0.460. The fourth-order valence-electron chi connectivity index (χ4n) is 8.78. The van der Waals surface area contributed by atoms with E-state index in [1.165, 1.54) is 26.3 Å². The molecule has 13 nitrogen and oxygen atoms in total. The zero-order valence-corrected chi connectivity index (χ0v) is 40.1. The van der Waals surface area contributed by atoms with Gasteiger partial charge in [0.05, 0.1) is 35.6 Å². The highest BCUT2D eigenvalue weighted by Crippen LogP contribution is 2.40. The largest absolute Gasteiger partial charge is 0.465 e. The lowest BCUT2D eigenvalue weighted by Crippen LogP contribution is -2.54. The number of rotatable bonds is 12. The molecule has 348 valence electrons. The van der Waals surface area contributed by atoms with Crippen molar-refractivity contribution in [3.63, 3.8) is 0 Å². The Hall–Kier alpha value is -4.87. The van der Waals surface area contributed by atoms with E-state index in [0.717, 1.165) is 79.1 Å². The van der Waals surface area contributed by atoms with Crippen LogP contribution in [0.4, 0.5) is 5.00 Å². The van der Waals surface area contributed by atoms with Crippen molar-refractivity contribution in [3.05, 3.63) is 133 Å². The molecule has 0 unspecified atom stereocenters. The summed E-state index contributed by atoms with van der Waals surface area (Å²) in [4.78, 5) is 58.9. The Kier molecular flexibility index (Phi) is 17.9. The molecule has 2 atom stereocenters. The predicted octanol–water partition coefficient (Wildman–Crippen LogP) is 6.69. The number of esters is 2. The lowest BCUT2D eigenvalue weighted by molar-refractivity contribution is -0.153. The van der Waals surface area contributed by atoms with E-state index in [-0.39, 0.29) is 41.9 Å². The first-order valence-electron chi connectivity index (χ1n) is 22.2. The molecule has 16 heteroatoms. The number of aliphatic hydroxyl groups excluding tert-OH is 1. The molecule has 4 heterocycles. The number of nitrogen functional groups attached to an aromatic ring is 1. The number of halogens is 1. The quantitative estimate of drug-likeness (QED) is 0.102. The zero-order valence-electron chi connectivity index (χ0n) is 37.7. The van der Waals surface area contributed by atoms with Crippen molar-refractivity contribution in [2.45, 2.75) is 64.2 Å². The van der Waals surface area contributed by atoms with Gasteiger partial charge in [0.2, 0.25) is 5.91 Å². The monoisotopic (exact) mass is 944 g/mol. The average molecular weight is 946 g/mol. The number of carbonyl (C=O) groups is 3. The van der Waals surface area contributed by atoms with Crippen molar-refractivity contribution >= 4 is 67.3 Å². The average Bonchev–Trinajstić information content (AvgIpc) is 3.81. The molecule has 1 saturated heterocycles. The number of nitrogens with zero attached hydrogens (tertiary/aromatic N) is 5. The smallest absolute Gasteiger partial charge is 0.341 e. The normalized spacial score (nSPS) is 18.6. The first-order chi connectivity index (χ1) is 31.4. The van der Waals surface area contributed by atoms with Crippen LogP contribution < -0.4 is 10.6 Å². The van der Waals surface area contributed by atoms with Gasteiger partial charge in [0.25, 0.3) is 0 Å². The topological polar surface area (TPSA) is 151 Å². The number of nitrogens with two attached hydrogens (primary N) is 1. The number of hydrogen-bond acceptors (Lipinski definition) is 13. The molecule has 0 spiro atoms. The van der Waals surface area contributed by atoms with Crippen LogP contribution in [0.25, 0.3) is 10.2 Å². The van der Waals surface area contributed by atoms with E-state index in [1.54, 1.807) is 23.1 Å². The molecule has 65 heavy (non-hydrogen) atoms. The number of carbonyl (C=O) groups excluding carboxylic acids is 3. The van der Waals surface area contributed by atoms with Gasteiger partial charge in [-0.2, -0.15) is 0 Å². The number of hydrogen-bond donors (Lipinski definition) is 2. The number of aromatic nitrogens is 1. The van der Waals surface area contributed by atoms with Gasteiger partial charge >= 0.3 is 16.8 Å². The summed E-state index contributed by atoms with van der Waals surface area (Å²) in [6.07, 6.45) is 6.83. The third-order valence-electron chi connectivity index (χ3n) is 12.0. The van der Waals surface area contributed by atoms with E-state index < -0.39 is 5.41 Å². The summed E-state index contributed by atoms with van der Waals surface area (Å²) < 4.78 is 12.9. The highest BCUT2D eigenvalue weighted by Gasteiger charge is 2.49. The molecule has 0 saturated carbocycles. The van der Waals surface area contributed by atoms with Crippen molar-refractivity contribution in [2.75, 3.05) is 78.9 Å². The maximum atomic E-state index is 12.8. The molecular formula is C49H61ClN6O7S2. The van der Waals surface area contributed by atoms with Crippen LogP contribution in [0.3, 0.4) is 0 Å². The summed E-state index contributed by atoms with van der Waals surface area (Å²) >= 11 is 8.64. The van der Waals surface area contributed by atoms with E-state index in [1.807, 2.05) is 64.3 Å². The second kappa shape index (κ2) is 23.5. The van der Waals surface area contributed by atoms with E-state index in [2.05, 4.69) is 51.1 Å². The zero-order chi connectivity index (χ0) is 46.5. The summed E-state index contributed by atoms with van der Waals surface area (Å²) in [7, 11) is 4.02. The Bertz CT molecular complexity index is 2450. The summed E-state index contributed by atoms with van der Waals surface area (Å²) in [6, 6.07) is 25.8. The Morgan fingerprint density at radius 1 is 0.908 bits per heavy atom. The van der Waals surface area contributed by atoms with Crippen LogP contribution in [-0.2, 0) is 50.5 Å². The van der Waals surface area contributed by atoms with Crippen molar-refractivity contribution in [2.24, 2.45) is 0 Å². The van der Waals surface area contributed by atoms with Gasteiger partial charge < -0.3 is 30.1 Å². The van der Waals surface area contributed by atoms with Gasteiger partial charge in [0.15, 0.2) is 0 Å². The van der Waals surface area contributed by atoms with Crippen LogP contribution in [0.15, 0.2) is 95.8 Å². The molecule has 2 aromatic heterocycles. The maximum absolute atomic E-state index is 12.8. The van der Waals surface area contributed by atoms with Gasteiger partial charge in [-0.3, -0.25) is 28.8 Å². The highest BCUT2D eigenvalue weighted by molar-refractivity contribution is 7.16. The van der Waals surface area contributed by atoms with Crippen LogP contribution >= 0.6 is 34.3 Å². The van der Waals surface area contributed by atoms with Gasteiger partial charge in [-0.05, 0) is 82.1 Å². The molecule has 2 aliphatic heterocycles. The molecule has 0 bridgehead atoms. The lowest BCUT2D eigenvalue weighted by atomic mass is 9.68. The van der Waals surface area contributed by atoms with Gasteiger partial charge in [-0.15, -0.1) is 11.3 Å². The summed E-state index contributed by atoms with van der Waals surface area (Å²) in [5, 5.41) is 10.1. The second-order valence-electron chi connectivity index (χ2n) is 16.4. The van der Waals surface area contributed by atoms with Gasteiger partial charge in [-0.1, -0.05) is 95.8 Å². The van der Waals surface area contributed by atoms with Gasteiger partial charge in [0, 0.05) is 68.3 Å². The SMILES string of the molecule is CCOC(=O)[C@]1(c2ccccc2)CCC=C[C@H]1N(C)C.CCOC(=O)c1c(N)sc2c1CCN(Cc1ccccc1)C2.O=C(Cn1c(=O)sc2ccc(Cl)cc21)N1CCN(CCO)CC1. The number of likely N-dealkylation sites (N-methyl/N-ethyl adjacent to an activating group) is 1. The van der Waals surface area contributed by atoms with Crippen LogP contribution in [0.1, 0.15) is 58.6 Å². The van der Waals surface area contributed by atoms with Crippen molar-refractivity contribution in [1.29, 1.82) is 0 Å². The number of anilines is 1. The number of fused-ring (bicyclic) bond motifs is 2. The van der Waals surface area contributed by atoms with E-state index in [9.17, 15) is 19.2 Å². The number of benzene rings is 3. The lowest BCUT2D eigenvalue weighted by Gasteiger charge is -2.42. The van der Waals surface area contributed by atoms with E-state index >= 15 is 0 Å². The fourth-order valence-corrected chi connectivity index (χ4v) is 11.0. The van der Waals surface area contributed by atoms with Crippen LogP contribution in [-0.4, -0.2) is 126 Å². The Balaban J connectivity index is 0.000000162. The molecule has 0 radical (unpaired) electrons. The molecule has 3 aliphatic rings. The first-order valence-corrected chi connectivity index (χ1v) is 24.2. The summed E-state index contributed by atoms with van der Waals surface area (Å²) in [6.45, 7) is 10.7. The van der Waals surface area contributed by atoms with Gasteiger partial charge in [0.1, 0.15) is 17.0 Å². The minimum Gasteiger partial charge on any atom is -0.465 e. The second-order valence-corrected chi connectivity index (χ2v) is 18.9. The Morgan fingerprint density at radius 3 is 2.26 bits per heavy atom. The number of ether oxygens (including phenoxy) is 2. The van der Waals surface area contributed by atoms with Gasteiger partial charge in [-0.25, -0.2) is 4.79 Å². The van der Waals surface area contributed by atoms with Crippen LogP contribution in [0, 0.1) is 0 Å². The van der Waals surface area contributed by atoms with Crippen molar-refractivity contribution in [1.82, 2.24) is 24.2 Å². The molecule has 8 rings (SSSR count). The molecule has 3 N–H and O–H groups in total. The first kappa shape index (κ1) is 49.6. The van der Waals surface area contributed by atoms with E-state index in [4.69, 9.17) is 31.9 Å². The van der Waals surface area contributed by atoms with Crippen molar-refractivity contribution in [3.8, 4) is 0 Å². The number of thiophene rings is 1. The number of aliphatic hydroxyl groups is 1. The van der Waals surface area contributed by atoms with E-state index in [0.29, 0.717) is 54.0 Å². The number of amides is 1. The number of allylic oxidation sites excluding steroid dienone is 1. The molecule has 1 amide bonds. The minimum atomic E-state index is -0.602. The molecule has 1 aliphatic carbocycles. The third kappa shape index (κ3) is 12.1.